The molecule has 1 fully saturated rings. The van der Waals surface area contributed by atoms with Crippen molar-refractivity contribution < 1.29 is 0 Å². The van der Waals surface area contributed by atoms with E-state index in [-0.39, 0.29) is 5.54 Å². The molecule has 78 valence electrons. The summed E-state index contributed by atoms with van der Waals surface area (Å²) in [5.41, 5.74) is 6.01. The second-order valence-electron chi connectivity index (χ2n) is 4.16. The van der Waals surface area contributed by atoms with E-state index in [1.807, 2.05) is 6.33 Å². The van der Waals surface area contributed by atoms with E-state index in [2.05, 4.69) is 28.6 Å². The van der Waals surface area contributed by atoms with Gasteiger partial charge in [-0.25, -0.2) is 0 Å². The maximum atomic E-state index is 6.31. The van der Waals surface area contributed by atoms with Crippen molar-refractivity contribution in [2.45, 2.75) is 51.1 Å². The molecule has 1 aliphatic rings. The van der Waals surface area contributed by atoms with Crippen LogP contribution in [0.25, 0.3) is 0 Å². The number of rotatable bonds is 4. The van der Waals surface area contributed by atoms with Crippen molar-refractivity contribution in [1.29, 1.82) is 0 Å². The lowest BCUT2D eigenvalue weighted by molar-refractivity contribution is 0.368. The van der Waals surface area contributed by atoms with Gasteiger partial charge < -0.3 is 10.3 Å². The molecule has 2 rings (SSSR count). The summed E-state index contributed by atoms with van der Waals surface area (Å²) in [6.45, 7) is 4.21. The third-order valence-electron chi connectivity index (χ3n) is 3.22. The lowest BCUT2D eigenvalue weighted by Gasteiger charge is -2.25. The van der Waals surface area contributed by atoms with Crippen LogP contribution in [0.15, 0.2) is 6.33 Å². The van der Waals surface area contributed by atoms with Crippen LogP contribution in [0.5, 0.6) is 0 Å². The number of hydrogen-bond donors (Lipinski definition) is 1. The molecule has 4 heteroatoms. The van der Waals surface area contributed by atoms with Gasteiger partial charge >= 0.3 is 0 Å². The van der Waals surface area contributed by atoms with Gasteiger partial charge in [-0.15, -0.1) is 10.2 Å². The highest BCUT2D eigenvalue weighted by Crippen LogP contribution is 2.38. The Balaban J connectivity index is 2.33. The minimum absolute atomic E-state index is 0.293. The van der Waals surface area contributed by atoms with E-state index in [0.717, 1.165) is 18.7 Å². The Morgan fingerprint density at radius 2 is 2.14 bits per heavy atom. The van der Waals surface area contributed by atoms with Gasteiger partial charge in [0.2, 0.25) is 0 Å². The van der Waals surface area contributed by atoms with Gasteiger partial charge in [-0.1, -0.05) is 13.8 Å². The molecule has 0 aromatic carbocycles. The predicted molar refractivity (Wildman–Crippen MR) is 54.7 cm³/mol. The lowest BCUT2D eigenvalue weighted by Crippen LogP contribution is -2.38. The Morgan fingerprint density at radius 3 is 2.64 bits per heavy atom. The van der Waals surface area contributed by atoms with Crippen LogP contribution in [-0.2, 0) is 5.54 Å². The van der Waals surface area contributed by atoms with Crippen molar-refractivity contribution in [1.82, 2.24) is 14.8 Å². The number of nitrogens with two attached hydrogens (primary N) is 1. The van der Waals surface area contributed by atoms with Gasteiger partial charge in [0, 0.05) is 6.04 Å². The number of aromatic nitrogens is 3. The van der Waals surface area contributed by atoms with Crippen LogP contribution in [0.4, 0.5) is 0 Å². The highest BCUT2D eigenvalue weighted by molar-refractivity contribution is 5.07. The molecule has 1 aromatic heterocycles. The van der Waals surface area contributed by atoms with E-state index in [9.17, 15) is 0 Å². The molecule has 0 amide bonds. The van der Waals surface area contributed by atoms with Crippen molar-refractivity contribution in [2.24, 2.45) is 5.73 Å². The summed E-state index contributed by atoms with van der Waals surface area (Å²) in [5.74, 6) is 0.963. The van der Waals surface area contributed by atoms with Gasteiger partial charge in [0.05, 0.1) is 5.54 Å². The van der Waals surface area contributed by atoms with Gasteiger partial charge in [0.15, 0.2) is 5.82 Å². The van der Waals surface area contributed by atoms with Crippen molar-refractivity contribution in [2.75, 3.05) is 0 Å². The fraction of sp³-hybridized carbons (Fsp3) is 0.800. The Bertz CT molecular complexity index is 310. The predicted octanol–water partition coefficient (Wildman–Crippen LogP) is 1.59. The molecular formula is C10H18N4. The Kier molecular flexibility index (Phi) is 2.31. The lowest BCUT2D eigenvalue weighted by atomic mass is 9.93. The maximum absolute atomic E-state index is 6.31. The molecule has 0 atom stereocenters. The third-order valence-corrected chi connectivity index (χ3v) is 3.22. The molecule has 14 heavy (non-hydrogen) atoms. The minimum Gasteiger partial charge on any atom is -0.319 e. The third kappa shape index (κ3) is 1.43. The summed E-state index contributed by atoms with van der Waals surface area (Å²) in [7, 11) is 0. The van der Waals surface area contributed by atoms with Crippen LogP contribution in [0, 0.1) is 0 Å². The SMILES string of the molecule is CCC(N)(CC)c1nncn1C1CC1. The normalized spacial score (nSPS) is 17.4. The summed E-state index contributed by atoms with van der Waals surface area (Å²) in [5, 5.41) is 8.16. The van der Waals surface area contributed by atoms with E-state index in [1.165, 1.54) is 12.8 Å². The quantitative estimate of drug-likeness (QED) is 0.791. The van der Waals surface area contributed by atoms with Crippen molar-refractivity contribution in [3.8, 4) is 0 Å². The fourth-order valence-corrected chi connectivity index (χ4v) is 1.79. The van der Waals surface area contributed by atoms with E-state index in [4.69, 9.17) is 5.73 Å². The first kappa shape index (κ1) is 9.65. The first-order chi connectivity index (χ1) is 6.71. The van der Waals surface area contributed by atoms with Gasteiger partial charge in [-0.3, -0.25) is 0 Å². The van der Waals surface area contributed by atoms with Gasteiger partial charge in [-0.05, 0) is 25.7 Å². The minimum atomic E-state index is -0.293. The molecule has 1 heterocycles. The maximum Gasteiger partial charge on any atom is 0.153 e. The molecule has 0 unspecified atom stereocenters. The molecule has 0 spiro atoms. The summed E-state index contributed by atoms with van der Waals surface area (Å²) in [4.78, 5) is 0. The second-order valence-corrected chi connectivity index (χ2v) is 4.16. The Hall–Kier alpha value is -0.900. The number of hydrogen-bond acceptors (Lipinski definition) is 3. The standard InChI is InChI=1S/C10H18N4/c1-3-10(11,4-2)9-13-12-7-14(9)8-5-6-8/h7-8H,3-6,11H2,1-2H3. The Labute approximate surface area is 84.5 Å². The topological polar surface area (TPSA) is 56.7 Å². The zero-order valence-corrected chi connectivity index (χ0v) is 8.90. The summed E-state index contributed by atoms with van der Waals surface area (Å²) < 4.78 is 2.16. The Morgan fingerprint density at radius 1 is 1.50 bits per heavy atom. The second kappa shape index (κ2) is 3.35. The molecule has 0 radical (unpaired) electrons. The molecule has 4 nitrogen and oxygen atoms in total. The van der Waals surface area contributed by atoms with E-state index >= 15 is 0 Å². The first-order valence-electron chi connectivity index (χ1n) is 5.40. The van der Waals surface area contributed by atoms with Crippen LogP contribution >= 0.6 is 0 Å². The van der Waals surface area contributed by atoms with Gasteiger partial charge in [-0.2, -0.15) is 0 Å². The molecule has 1 aliphatic carbocycles. The average molecular weight is 194 g/mol. The first-order valence-corrected chi connectivity index (χ1v) is 5.40. The summed E-state index contributed by atoms with van der Waals surface area (Å²) in [6.07, 6.45) is 6.13. The molecular weight excluding hydrogens is 176 g/mol. The summed E-state index contributed by atoms with van der Waals surface area (Å²) in [6, 6.07) is 0.612. The largest absolute Gasteiger partial charge is 0.319 e. The summed E-state index contributed by atoms with van der Waals surface area (Å²) >= 11 is 0. The van der Waals surface area contributed by atoms with Crippen LogP contribution in [0.1, 0.15) is 51.4 Å². The molecule has 2 N–H and O–H groups in total. The van der Waals surface area contributed by atoms with Gasteiger partial charge in [0.1, 0.15) is 6.33 Å². The van der Waals surface area contributed by atoms with Crippen LogP contribution in [0.3, 0.4) is 0 Å². The smallest absolute Gasteiger partial charge is 0.153 e. The monoisotopic (exact) mass is 194 g/mol. The van der Waals surface area contributed by atoms with Crippen molar-refractivity contribution in [3.05, 3.63) is 12.2 Å². The van der Waals surface area contributed by atoms with Crippen LogP contribution < -0.4 is 5.73 Å². The van der Waals surface area contributed by atoms with Crippen molar-refractivity contribution in [3.63, 3.8) is 0 Å². The average Bonchev–Trinajstić information content (AvgIpc) is 2.95. The van der Waals surface area contributed by atoms with Crippen LogP contribution in [-0.4, -0.2) is 14.8 Å². The zero-order chi connectivity index (χ0) is 10.2. The molecule has 1 saturated carbocycles. The zero-order valence-electron chi connectivity index (χ0n) is 8.90. The highest BCUT2D eigenvalue weighted by atomic mass is 15.3. The number of nitrogens with zero attached hydrogens (tertiary/aromatic N) is 3. The van der Waals surface area contributed by atoms with Gasteiger partial charge in [0.25, 0.3) is 0 Å². The van der Waals surface area contributed by atoms with E-state index < -0.39 is 0 Å². The van der Waals surface area contributed by atoms with Crippen LogP contribution in [0.2, 0.25) is 0 Å². The molecule has 0 aliphatic heterocycles. The molecule has 1 aromatic rings. The highest BCUT2D eigenvalue weighted by Gasteiger charge is 2.34. The molecule has 0 saturated heterocycles. The van der Waals surface area contributed by atoms with Crippen molar-refractivity contribution >= 4 is 0 Å². The fourth-order valence-electron chi connectivity index (χ4n) is 1.79. The van der Waals surface area contributed by atoms with E-state index in [0.29, 0.717) is 6.04 Å². The van der Waals surface area contributed by atoms with E-state index in [1.54, 1.807) is 0 Å². The molecule has 0 bridgehead atoms.